The van der Waals surface area contributed by atoms with Crippen LogP contribution in [0.2, 0.25) is 0 Å². The molecule has 26 heavy (non-hydrogen) atoms. The van der Waals surface area contributed by atoms with Crippen LogP contribution in [0.1, 0.15) is 23.6 Å². The standard InChI is InChI=1S/C20H21ClN4O/c1-14-22-19-9-8-18(13-25(19)23-14)24(20(26)11-21)12-15-6-7-16-4-2-3-5-17(16)10-15/h2-7,10,18H,8-9,11-13H2,1H3. The van der Waals surface area contributed by atoms with Crippen molar-refractivity contribution in [2.24, 2.45) is 0 Å². The maximum atomic E-state index is 12.5. The molecule has 1 amide bonds. The molecule has 0 saturated carbocycles. The minimum atomic E-state index is -0.0369. The van der Waals surface area contributed by atoms with Crippen LogP contribution in [0.15, 0.2) is 42.5 Å². The van der Waals surface area contributed by atoms with Crippen molar-refractivity contribution in [3.63, 3.8) is 0 Å². The first-order valence-electron chi connectivity index (χ1n) is 8.87. The normalized spacial score (nSPS) is 16.5. The average Bonchev–Trinajstić information content (AvgIpc) is 3.04. The van der Waals surface area contributed by atoms with E-state index in [9.17, 15) is 4.79 Å². The second-order valence-corrected chi connectivity index (χ2v) is 7.05. The Morgan fingerprint density at radius 3 is 2.88 bits per heavy atom. The first-order valence-corrected chi connectivity index (χ1v) is 9.41. The van der Waals surface area contributed by atoms with Crippen molar-refractivity contribution in [3.05, 3.63) is 59.7 Å². The van der Waals surface area contributed by atoms with Crippen LogP contribution in [0, 0.1) is 6.92 Å². The van der Waals surface area contributed by atoms with Crippen molar-refractivity contribution in [2.75, 3.05) is 5.88 Å². The third-order valence-corrected chi connectivity index (χ3v) is 5.21. The SMILES string of the molecule is Cc1nc2n(n1)CC(N(Cc1ccc3ccccc3c1)C(=O)CCl)CC2. The minimum Gasteiger partial charge on any atom is -0.332 e. The lowest BCUT2D eigenvalue weighted by Crippen LogP contribution is -2.45. The average molecular weight is 369 g/mol. The van der Waals surface area contributed by atoms with Crippen molar-refractivity contribution in [2.45, 2.75) is 38.9 Å². The quantitative estimate of drug-likeness (QED) is 0.664. The second-order valence-electron chi connectivity index (χ2n) is 6.79. The highest BCUT2D eigenvalue weighted by Gasteiger charge is 2.28. The van der Waals surface area contributed by atoms with Crippen LogP contribution in [0.5, 0.6) is 0 Å². The van der Waals surface area contributed by atoms with Crippen LogP contribution in [0.25, 0.3) is 10.8 Å². The van der Waals surface area contributed by atoms with E-state index in [0.717, 1.165) is 30.1 Å². The maximum Gasteiger partial charge on any atom is 0.238 e. The number of aryl methyl sites for hydroxylation is 2. The van der Waals surface area contributed by atoms with Gasteiger partial charge < -0.3 is 4.90 Å². The van der Waals surface area contributed by atoms with Crippen LogP contribution in [-0.2, 0) is 24.3 Å². The topological polar surface area (TPSA) is 51.0 Å². The van der Waals surface area contributed by atoms with Gasteiger partial charge in [0.2, 0.25) is 5.91 Å². The Labute approximate surface area is 157 Å². The predicted octanol–water partition coefficient (Wildman–Crippen LogP) is 3.32. The van der Waals surface area contributed by atoms with Gasteiger partial charge in [-0.05, 0) is 35.7 Å². The number of amides is 1. The Morgan fingerprint density at radius 1 is 1.27 bits per heavy atom. The van der Waals surface area contributed by atoms with Crippen molar-refractivity contribution in [1.82, 2.24) is 19.7 Å². The van der Waals surface area contributed by atoms with E-state index in [-0.39, 0.29) is 17.8 Å². The Balaban J connectivity index is 1.59. The van der Waals surface area contributed by atoms with E-state index >= 15 is 0 Å². The largest absolute Gasteiger partial charge is 0.332 e. The molecule has 0 bridgehead atoms. The van der Waals surface area contributed by atoms with Crippen LogP contribution in [0.4, 0.5) is 0 Å². The summed E-state index contributed by atoms with van der Waals surface area (Å²) in [6, 6.07) is 14.7. The zero-order valence-corrected chi connectivity index (χ0v) is 15.5. The van der Waals surface area contributed by atoms with Gasteiger partial charge in [0.15, 0.2) is 0 Å². The lowest BCUT2D eigenvalue weighted by atomic mass is 10.0. The number of hydrogen-bond acceptors (Lipinski definition) is 3. The summed E-state index contributed by atoms with van der Waals surface area (Å²) >= 11 is 5.91. The Kier molecular flexibility index (Phi) is 4.64. The molecule has 4 rings (SSSR count). The van der Waals surface area contributed by atoms with Gasteiger partial charge >= 0.3 is 0 Å². The number of carbonyl (C=O) groups is 1. The van der Waals surface area contributed by atoms with Crippen molar-refractivity contribution in [3.8, 4) is 0 Å². The van der Waals surface area contributed by atoms with E-state index in [2.05, 4.69) is 40.4 Å². The number of hydrogen-bond donors (Lipinski definition) is 0. The highest BCUT2D eigenvalue weighted by molar-refractivity contribution is 6.27. The van der Waals surface area contributed by atoms with Gasteiger partial charge in [-0.2, -0.15) is 5.10 Å². The monoisotopic (exact) mass is 368 g/mol. The summed E-state index contributed by atoms with van der Waals surface area (Å²) in [7, 11) is 0. The number of halogens is 1. The number of fused-ring (bicyclic) bond motifs is 2. The Bertz CT molecular complexity index is 952. The molecule has 0 spiro atoms. The number of alkyl halides is 1. The minimum absolute atomic E-state index is 0.00662. The fourth-order valence-corrected chi connectivity index (χ4v) is 3.86. The smallest absolute Gasteiger partial charge is 0.238 e. The molecule has 0 radical (unpaired) electrons. The van der Waals surface area contributed by atoms with Gasteiger partial charge in [-0.3, -0.25) is 4.79 Å². The van der Waals surface area contributed by atoms with E-state index in [4.69, 9.17) is 11.6 Å². The lowest BCUT2D eigenvalue weighted by Gasteiger charge is -2.34. The summed E-state index contributed by atoms with van der Waals surface area (Å²) in [5.41, 5.74) is 1.11. The van der Waals surface area contributed by atoms with Crippen molar-refractivity contribution in [1.29, 1.82) is 0 Å². The molecule has 0 fully saturated rings. The maximum absolute atomic E-state index is 12.5. The number of aromatic nitrogens is 3. The zero-order valence-electron chi connectivity index (χ0n) is 14.7. The van der Waals surface area contributed by atoms with Crippen LogP contribution in [-0.4, -0.2) is 37.5 Å². The summed E-state index contributed by atoms with van der Waals surface area (Å²) in [5, 5.41) is 6.83. The molecule has 1 unspecified atom stereocenters. The highest BCUT2D eigenvalue weighted by Crippen LogP contribution is 2.22. The van der Waals surface area contributed by atoms with Crippen molar-refractivity contribution >= 4 is 28.3 Å². The van der Waals surface area contributed by atoms with Gasteiger partial charge in [0.05, 0.1) is 12.6 Å². The van der Waals surface area contributed by atoms with Crippen LogP contribution < -0.4 is 0 Å². The van der Waals surface area contributed by atoms with Gasteiger partial charge in [0, 0.05) is 13.0 Å². The van der Waals surface area contributed by atoms with E-state index < -0.39 is 0 Å². The molecule has 0 N–H and O–H groups in total. The first-order chi connectivity index (χ1) is 12.6. The highest BCUT2D eigenvalue weighted by atomic mass is 35.5. The van der Waals surface area contributed by atoms with Gasteiger partial charge in [-0.15, -0.1) is 11.6 Å². The molecule has 0 aliphatic carbocycles. The number of benzene rings is 2. The van der Waals surface area contributed by atoms with Gasteiger partial charge in [0.1, 0.15) is 17.5 Å². The molecule has 2 heterocycles. The van der Waals surface area contributed by atoms with Crippen LogP contribution >= 0.6 is 11.6 Å². The van der Waals surface area contributed by atoms with Gasteiger partial charge in [0.25, 0.3) is 0 Å². The molecule has 5 nitrogen and oxygen atoms in total. The second kappa shape index (κ2) is 7.08. The molecule has 134 valence electrons. The Hall–Kier alpha value is -2.40. The molecule has 1 aliphatic rings. The summed E-state index contributed by atoms with van der Waals surface area (Å²) in [6.07, 6.45) is 1.71. The lowest BCUT2D eigenvalue weighted by molar-refractivity contribution is -0.132. The van der Waals surface area contributed by atoms with E-state index in [1.807, 2.05) is 28.6 Å². The van der Waals surface area contributed by atoms with Gasteiger partial charge in [-0.1, -0.05) is 36.4 Å². The fourth-order valence-electron chi connectivity index (χ4n) is 3.70. The summed E-state index contributed by atoms with van der Waals surface area (Å²) in [5.74, 6) is 1.74. The molecule has 1 aliphatic heterocycles. The number of nitrogens with zero attached hydrogens (tertiary/aromatic N) is 4. The number of carbonyl (C=O) groups excluding carboxylic acids is 1. The first kappa shape index (κ1) is 17.0. The molecule has 6 heteroatoms. The molecular weight excluding hydrogens is 348 g/mol. The molecular formula is C20H21ClN4O. The zero-order chi connectivity index (χ0) is 18.1. The molecule has 0 saturated heterocycles. The molecule has 1 aromatic heterocycles. The fraction of sp³-hybridized carbons (Fsp3) is 0.350. The van der Waals surface area contributed by atoms with E-state index in [1.54, 1.807) is 0 Å². The molecule has 2 aromatic carbocycles. The molecule has 1 atom stereocenters. The summed E-state index contributed by atoms with van der Waals surface area (Å²) in [4.78, 5) is 18.9. The van der Waals surface area contributed by atoms with Crippen molar-refractivity contribution < 1.29 is 4.79 Å². The van der Waals surface area contributed by atoms with E-state index in [1.165, 1.54) is 10.8 Å². The van der Waals surface area contributed by atoms with Crippen LogP contribution in [0.3, 0.4) is 0 Å². The third kappa shape index (κ3) is 3.31. The van der Waals surface area contributed by atoms with Gasteiger partial charge in [-0.25, -0.2) is 9.67 Å². The van der Waals surface area contributed by atoms with E-state index in [0.29, 0.717) is 13.1 Å². The summed E-state index contributed by atoms with van der Waals surface area (Å²) in [6.45, 7) is 3.13. The predicted molar refractivity (Wildman–Crippen MR) is 102 cm³/mol. The third-order valence-electron chi connectivity index (χ3n) is 4.98. The Morgan fingerprint density at radius 2 is 2.08 bits per heavy atom. The summed E-state index contributed by atoms with van der Waals surface area (Å²) < 4.78 is 1.93. The molecule has 3 aromatic rings. The number of rotatable bonds is 4.